The average Bonchev–Trinajstić information content (AvgIpc) is 2.80. The van der Waals surface area contributed by atoms with Crippen LogP contribution in [0.5, 0.6) is 0 Å². The summed E-state index contributed by atoms with van der Waals surface area (Å²) in [6, 6.07) is 37.9. The van der Waals surface area contributed by atoms with Crippen molar-refractivity contribution in [2.24, 2.45) is 0 Å². The molecule has 142 valence electrons. The van der Waals surface area contributed by atoms with Crippen molar-refractivity contribution in [3.8, 4) is 6.07 Å². The number of aryl methyl sites for hydroxylation is 1. The Bertz CT molecular complexity index is 1340. The van der Waals surface area contributed by atoms with Gasteiger partial charge in [0, 0.05) is 22.1 Å². The predicted molar refractivity (Wildman–Crippen MR) is 126 cm³/mol. The van der Waals surface area contributed by atoms with Gasteiger partial charge in [-0.25, -0.2) is 0 Å². The zero-order valence-corrected chi connectivity index (χ0v) is 16.7. The number of hydrogen-bond donors (Lipinski definition) is 0. The van der Waals surface area contributed by atoms with Gasteiger partial charge in [0.25, 0.3) is 0 Å². The van der Waals surface area contributed by atoms with E-state index in [4.69, 9.17) is 0 Å². The van der Waals surface area contributed by atoms with Crippen LogP contribution >= 0.6 is 0 Å². The number of nitriles is 1. The Morgan fingerprint density at radius 2 is 1.13 bits per heavy atom. The maximum absolute atomic E-state index is 9.25. The van der Waals surface area contributed by atoms with E-state index < -0.39 is 0 Å². The maximum atomic E-state index is 9.25. The van der Waals surface area contributed by atoms with Gasteiger partial charge in [-0.3, -0.25) is 0 Å². The van der Waals surface area contributed by atoms with Crippen LogP contribution in [0, 0.1) is 18.3 Å². The average molecular weight is 384 g/mol. The van der Waals surface area contributed by atoms with Crippen LogP contribution in [0.25, 0.3) is 21.5 Å². The van der Waals surface area contributed by atoms with Gasteiger partial charge in [-0.15, -0.1) is 0 Å². The second kappa shape index (κ2) is 7.39. The molecule has 0 atom stereocenters. The molecule has 30 heavy (non-hydrogen) atoms. The fourth-order valence-electron chi connectivity index (χ4n) is 4.02. The highest BCUT2D eigenvalue weighted by Gasteiger charge is 2.18. The van der Waals surface area contributed by atoms with E-state index in [-0.39, 0.29) is 0 Å². The summed E-state index contributed by atoms with van der Waals surface area (Å²) in [5.74, 6) is 0. The summed E-state index contributed by atoms with van der Waals surface area (Å²) < 4.78 is 0. The lowest BCUT2D eigenvalue weighted by molar-refractivity contribution is 1.30. The van der Waals surface area contributed by atoms with E-state index in [0.717, 1.165) is 17.1 Å². The van der Waals surface area contributed by atoms with E-state index in [1.807, 2.05) is 24.3 Å². The quantitative estimate of drug-likeness (QED) is 0.299. The van der Waals surface area contributed by atoms with Crippen LogP contribution in [-0.4, -0.2) is 0 Å². The summed E-state index contributed by atoms with van der Waals surface area (Å²) in [7, 11) is 0. The molecule has 0 saturated heterocycles. The van der Waals surface area contributed by atoms with Gasteiger partial charge < -0.3 is 4.90 Å². The molecule has 0 fully saturated rings. The lowest BCUT2D eigenvalue weighted by Crippen LogP contribution is -2.11. The molecule has 5 rings (SSSR count). The number of fused-ring (bicyclic) bond motifs is 2. The molecular formula is C28H20N2. The van der Waals surface area contributed by atoms with Gasteiger partial charge in [0.2, 0.25) is 0 Å². The molecule has 0 aromatic heterocycles. The zero-order chi connectivity index (χ0) is 20.5. The van der Waals surface area contributed by atoms with Gasteiger partial charge in [0.15, 0.2) is 0 Å². The molecule has 2 nitrogen and oxygen atoms in total. The molecule has 0 radical (unpaired) electrons. The Morgan fingerprint density at radius 3 is 1.67 bits per heavy atom. The summed E-state index contributed by atoms with van der Waals surface area (Å²) in [6.07, 6.45) is 0. The van der Waals surface area contributed by atoms with Crippen LogP contribution in [0.3, 0.4) is 0 Å². The van der Waals surface area contributed by atoms with Gasteiger partial charge in [-0.05, 0) is 60.2 Å². The molecule has 0 aliphatic carbocycles. The van der Waals surface area contributed by atoms with Crippen molar-refractivity contribution in [2.45, 2.75) is 6.92 Å². The Balaban J connectivity index is 1.88. The second-order valence-electron chi connectivity index (χ2n) is 7.50. The van der Waals surface area contributed by atoms with Crippen molar-refractivity contribution in [3.05, 3.63) is 114 Å². The Morgan fingerprint density at radius 1 is 0.633 bits per heavy atom. The summed E-state index contributed by atoms with van der Waals surface area (Å²) in [5, 5.41) is 14.1. The Labute approximate surface area is 176 Å². The zero-order valence-electron chi connectivity index (χ0n) is 16.7. The minimum atomic E-state index is 0.658. The first kappa shape index (κ1) is 18.0. The highest BCUT2D eigenvalue weighted by atomic mass is 15.1. The monoisotopic (exact) mass is 384 g/mol. The van der Waals surface area contributed by atoms with Crippen LogP contribution in [0.15, 0.2) is 103 Å². The lowest BCUT2D eigenvalue weighted by atomic mass is 9.99. The van der Waals surface area contributed by atoms with Gasteiger partial charge in [0.05, 0.1) is 17.3 Å². The van der Waals surface area contributed by atoms with Crippen molar-refractivity contribution in [2.75, 3.05) is 4.90 Å². The molecule has 0 amide bonds. The first-order valence-corrected chi connectivity index (χ1v) is 10.0. The summed E-state index contributed by atoms with van der Waals surface area (Å²) in [5.41, 5.74) is 5.15. The molecule has 0 bridgehead atoms. The van der Waals surface area contributed by atoms with Crippen molar-refractivity contribution in [3.63, 3.8) is 0 Å². The van der Waals surface area contributed by atoms with E-state index in [1.54, 1.807) is 0 Å². The third-order valence-electron chi connectivity index (χ3n) is 5.51. The summed E-state index contributed by atoms with van der Waals surface area (Å²) in [6.45, 7) is 2.10. The fraction of sp³-hybridized carbons (Fsp3) is 0.0357. The standard InChI is InChI=1S/C28H20N2/c1-20-10-14-24(15-11-20)30(25-16-12-21(19-29)13-17-25)28-26-8-4-2-6-22(26)18-23-7-3-5-9-27(23)28/h2-18H,1H3. The first-order chi connectivity index (χ1) is 14.7. The van der Waals surface area contributed by atoms with E-state index in [0.29, 0.717) is 5.56 Å². The van der Waals surface area contributed by atoms with Gasteiger partial charge >= 0.3 is 0 Å². The molecule has 2 heteroatoms. The molecule has 5 aromatic rings. The van der Waals surface area contributed by atoms with Crippen LogP contribution in [0.4, 0.5) is 17.1 Å². The topological polar surface area (TPSA) is 27.0 Å². The van der Waals surface area contributed by atoms with Gasteiger partial charge in [-0.2, -0.15) is 5.26 Å². The number of hydrogen-bond acceptors (Lipinski definition) is 2. The van der Waals surface area contributed by atoms with Crippen LogP contribution < -0.4 is 4.90 Å². The van der Waals surface area contributed by atoms with Crippen molar-refractivity contribution >= 4 is 38.6 Å². The van der Waals surface area contributed by atoms with Crippen LogP contribution in [-0.2, 0) is 0 Å². The van der Waals surface area contributed by atoms with E-state index in [2.05, 4.69) is 96.8 Å². The van der Waals surface area contributed by atoms with Gasteiger partial charge in [0.1, 0.15) is 0 Å². The van der Waals surface area contributed by atoms with Gasteiger partial charge in [-0.1, -0.05) is 66.2 Å². The molecule has 5 aromatic carbocycles. The number of rotatable bonds is 3. The molecule has 0 spiro atoms. The van der Waals surface area contributed by atoms with Crippen molar-refractivity contribution in [1.29, 1.82) is 5.26 Å². The maximum Gasteiger partial charge on any atom is 0.0991 e. The number of benzene rings is 5. The van der Waals surface area contributed by atoms with E-state index >= 15 is 0 Å². The Kier molecular flexibility index (Phi) is 4.42. The second-order valence-corrected chi connectivity index (χ2v) is 7.50. The smallest absolute Gasteiger partial charge is 0.0991 e. The molecule has 0 unspecified atom stereocenters. The highest BCUT2D eigenvalue weighted by molar-refractivity contribution is 6.14. The molecular weight excluding hydrogens is 364 g/mol. The third-order valence-corrected chi connectivity index (χ3v) is 5.51. The highest BCUT2D eigenvalue weighted by Crippen LogP contribution is 2.43. The third kappa shape index (κ3) is 3.07. The summed E-state index contributed by atoms with van der Waals surface area (Å²) >= 11 is 0. The van der Waals surface area contributed by atoms with E-state index in [9.17, 15) is 5.26 Å². The normalized spacial score (nSPS) is 10.8. The molecule has 0 heterocycles. The largest absolute Gasteiger partial charge is 0.309 e. The molecule has 0 N–H and O–H groups in total. The molecule has 0 aliphatic rings. The number of nitrogens with zero attached hydrogens (tertiary/aromatic N) is 2. The van der Waals surface area contributed by atoms with Crippen molar-refractivity contribution in [1.82, 2.24) is 0 Å². The van der Waals surface area contributed by atoms with Crippen LogP contribution in [0.1, 0.15) is 11.1 Å². The Hall–Kier alpha value is -4.09. The van der Waals surface area contributed by atoms with E-state index in [1.165, 1.54) is 27.1 Å². The number of anilines is 3. The van der Waals surface area contributed by atoms with Crippen LogP contribution in [0.2, 0.25) is 0 Å². The first-order valence-electron chi connectivity index (χ1n) is 10.0. The summed E-state index contributed by atoms with van der Waals surface area (Å²) in [4.78, 5) is 2.30. The lowest BCUT2D eigenvalue weighted by Gasteiger charge is -2.28. The minimum absolute atomic E-state index is 0.658. The predicted octanol–water partition coefficient (Wildman–Crippen LogP) is 7.64. The SMILES string of the molecule is Cc1ccc(N(c2ccc(C#N)cc2)c2c3ccccc3cc3ccccc23)cc1. The molecule has 0 saturated carbocycles. The molecule has 0 aliphatic heterocycles. The fourth-order valence-corrected chi connectivity index (χ4v) is 4.02. The van der Waals surface area contributed by atoms with Crippen molar-refractivity contribution < 1.29 is 0 Å². The minimum Gasteiger partial charge on any atom is -0.309 e.